The van der Waals surface area contributed by atoms with Crippen molar-refractivity contribution >= 4 is 0 Å². The molecule has 0 aromatic rings. The molecule has 0 aromatic heterocycles. The molecule has 2 aliphatic rings. The minimum atomic E-state index is -0.0168. The molecule has 0 radical (unpaired) electrons. The second-order valence-electron chi connectivity index (χ2n) is 6.69. The Morgan fingerprint density at radius 1 is 1.21 bits per heavy atom. The van der Waals surface area contributed by atoms with Gasteiger partial charge in [-0.15, -0.1) is 0 Å². The van der Waals surface area contributed by atoms with Gasteiger partial charge in [0.15, 0.2) is 0 Å². The lowest BCUT2D eigenvalue weighted by Crippen LogP contribution is -2.57. The first-order valence-electron chi connectivity index (χ1n) is 8.32. The zero-order chi connectivity index (χ0) is 13.7. The van der Waals surface area contributed by atoms with Gasteiger partial charge < -0.3 is 15.3 Å². The van der Waals surface area contributed by atoms with E-state index in [1.54, 1.807) is 0 Å². The summed E-state index contributed by atoms with van der Waals surface area (Å²) in [6.45, 7) is 9.34. The Bertz CT molecular complexity index is 267. The van der Waals surface area contributed by atoms with Gasteiger partial charge in [-0.25, -0.2) is 0 Å². The maximum absolute atomic E-state index is 9.95. The molecule has 112 valence electrons. The molecule has 2 atom stereocenters. The number of hydrogen-bond acceptors (Lipinski definition) is 3. The van der Waals surface area contributed by atoms with Crippen LogP contribution in [0.2, 0.25) is 0 Å². The maximum Gasteiger partial charge on any atom is 0.0628 e. The Morgan fingerprint density at radius 2 is 2.00 bits per heavy atom. The molecule has 1 aliphatic carbocycles. The molecule has 2 fully saturated rings. The van der Waals surface area contributed by atoms with Crippen LogP contribution in [0.4, 0.5) is 0 Å². The smallest absolute Gasteiger partial charge is 0.0628 e. The highest BCUT2D eigenvalue weighted by atomic mass is 16.3. The van der Waals surface area contributed by atoms with Crippen LogP contribution in [0.1, 0.15) is 52.4 Å². The standard InChI is InChI=1S/C16H32N2O/c1-3-5-14-8-10-18(11-14)12-16(13-19,15-6-7-15)17-9-4-2/h14-15,17,19H,3-13H2,1-2H3. The SMILES string of the molecule is CCCNC(CO)(CN1CCC(CCC)C1)C1CC1. The van der Waals surface area contributed by atoms with Crippen LogP contribution in [0.3, 0.4) is 0 Å². The van der Waals surface area contributed by atoms with E-state index in [2.05, 4.69) is 24.1 Å². The summed E-state index contributed by atoms with van der Waals surface area (Å²) in [5.74, 6) is 1.60. The molecule has 0 bridgehead atoms. The molecule has 0 aromatic carbocycles. The van der Waals surface area contributed by atoms with Crippen LogP contribution < -0.4 is 5.32 Å². The number of aliphatic hydroxyl groups excluding tert-OH is 1. The van der Waals surface area contributed by atoms with Crippen molar-refractivity contribution in [3.8, 4) is 0 Å². The van der Waals surface area contributed by atoms with Crippen LogP contribution in [0.5, 0.6) is 0 Å². The van der Waals surface area contributed by atoms with E-state index in [9.17, 15) is 5.11 Å². The van der Waals surface area contributed by atoms with Gasteiger partial charge in [0.25, 0.3) is 0 Å². The average molecular weight is 268 g/mol. The summed E-state index contributed by atoms with van der Waals surface area (Å²) in [5, 5.41) is 13.6. The van der Waals surface area contributed by atoms with E-state index in [0.29, 0.717) is 12.5 Å². The second-order valence-corrected chi connectivity index (χ2v) is 6.69. The number of rotatable bonds is 9. The van der Waals surface area contributed by atoms with Crippen molar-refractivity contribution in [2.75, 3.05) is 32.8 Å². The predicted molar refractivity (Wildman–Crippen MR) is 80.3 cm³/mol. The van der Waals surface area contributed by atoms with Gasteiger partial charge in [-0.05, 0) is 57.0 Å². The molecule has 2 rings (SSSR count). The maximum atomic E-state index is 9.95. The van der Waals surface area contributed by atoms with Crippen molar-refractivity contribution in [2.45, 2.75) is 57.9 Å². The number of nitrogens with zero attached hydrogens (tertiary/aromatic N) is 1. The minimum absolute atomic E-state index is 0.0168. The van der Waals surface area contributed by atoms with Crippen LogP contribution in [-0.2, 0) is 0 Å². The van der Waals surface area contributed by atoms with Crippen molar-refractivity contribution in [3.05, 3.63) is 0 Å². The molecule has 1 saturated carbocycles. The van der Waals surface area contributed by atoms with Crippen LogP contribution in [0.25, 0.3) is 0 Å². The summed E-state index contributed by atoms with van der Waals surface area (Å²) < 4.78 is 0. The van der Waals surface area contributed by atoms with Crippen molar-refractivity contribution in [3.63, 3.8) is 0 Å². The highest BCUT2D eigenvalue weighted by Gasteiger charge is 2.45. The number of hydrogen-bond donors (Lipinski definition) is 2. The summed E-state index contributed by atoms with van der Waals surface area (Å²) in [7, 11) is 0. The molecule has 1 heterocycles. The third-order valence-electron chi connectivity index (χ3n) is 4.94. The lowest BCUT2D eigenvalue weighted by atomic mass is 9.93. The molecule has 3 heteroatoms. The molecule has 2 N–H and O–H groups in total. The van der Waals surface area contributed by atoms with E-state index >= 15 is 0 Å². The van der Waals surface area contributed by atoms with E-state index in [1.165, 1.54) is 45.2 Å². The Hall–Kier alpha value is -0.120. The van der Waals surface area contributed by atoms with Gasteiger partial charge in [-0.3, -0.25) is 0 Å². The first-order valence-corrected chi connectivity index (χ1v) is 8.32. The molecule has 3 nitrogen and oxygen atoms in total. The molecule has 0 spiro atoms. The Balaban J connectivity index is 1.89. The fraction of sp³-hybridized carbons (Fsp3) is 1.00. The molecule has 19 heavy (non-hydrogen) atoms. The van der Waals surface area contributed by atoms with Crippen LogP contribution in [0.15, 0.2) is 0 Å². The van der Waals surface area contributed by atoms with Crippen LogP contribution >= 0.6 is 0 Å². The molecule has 1 aliphatic heterocycles. The highest BCUT2D eigenvalue weighted by Crippen LogP contribution is 2.40. The summed E-state index contributed by atoms with van der Waals surface area (Å²) >= 11 is 0. The fourth-order valence-corrected chi connectivity index (χ4v) is 3.67. The molecule has 0 amide bonds. The van der Waals surface area contributed by atoms with Gasteiger partial charge in [-0.2, -0.15) is 0 Å². The van der Waals surface area contributed by atoms with Gasteiger partial charge in [0.1, 0.15) is 0 Å². The van der Waals surface area contributed by atoms with E-state index in [4.69, 9.17) is 0 Å². The quantitative estimate of drug-likeness (QED) is 0.673. The summed E-state index contributed by atoms with van der Waals surface area (Å²) in [4.78, 5) is 2.59. The first kappa shape index (κ1) is 15.3. The fourth-order valence-electron chi connectivity index (χ4n) is 3.67. The second kappa shape index (κ2) is 7.05. The summed E-state index contributed by atoms with van der Waals surface area (Å²) in [6.07, 6.45) is 7.77. The first-order chi connectivity index (χ1) is 9.24. The molecular weight excluding hydrogens is 236 g/mol. The third-order valence-corrected chi connectivity index (χ3v) is 4.94. The number of likely N-dealkylation sites (tertiary alicyclic amines) is 1. The van der Waals surface area contributed by atoms with Gasteiger partial charge in [0.2, 0.25) is 0 Å². The topological polar surface area (TPSA) is 35.5 Å². The van der Waals surface area contributed by atoms with E-state index in [1.807, 2.05) is 0 Å². The van der Waals surface area contributed by atoms with E-state index in [-0.39, 0.29) is 5.54 Å². The third kappa shape index (κ3) is 3.93. The van der Waals surface area contributed by atoms with Crippen molar-refractivity contribution in [1.29, 1.82) is 0 Å². The number of aliphatic hydroxyl groups is 1. The normalized spacial score (nSPS) is 27.6. The zero-order valence-corrected chi connectivity index (χ0v) is 12.8. The van der Waals surface area contributed by atoms with Gasteiger partial charge in [-0.1, -0.05) is 20.3 Å². The molecular formula is C16H32N2O. The Labute approximate surface area is 118 Å². The lowest BCUT2D eigenvalue weighted by Gasteiger charge is -2.37. The monoisotopic (exact) mass is 268 g/mol. The molecule has 1 saturated heterocycles. The molecule has 2 unspecified atom stereocenters. The minimum Gasteiger partial charge on any atom is -0.394 e. The number of nitrogens with one attached hydrogen (secondary N) is 1. The predicted octanol–water partition coefficient (Wildman–Crippen LogP) is 2.25. The van der Waals surface area contributed by atoms with Gasteiger partial charge in [0.05, 0.1) is 12.1 Å². The van der Waals surface area contributed by atoms with Crippen LogP contribution in [0, 0.1) is 11.8 Å². The van der Waals surface area contributed by atoms with Crippen molar-refractivity contribution < 1.29 is 5.11 Å². The van der Waals surface area contributed by atoms with Crippen molar-refractivity contribution in [1.82, 2.24) is 10.2 Å². The Kier molecular flexibility index (Phi) is 5.67. The summed E-state index contributed by atoms with van der Waals surface area (Å²) in [6, 6.07) is 0. The lowest BCUT2D eigenvalue weighted by molar-refractivity contribution is 0.0986. The van der Waals surface area contributed by atoms with Gasteiger partial charge >= 0.3 is 0 Å². The summed E-state index contributed by atoms with van der Waals surface area (Å²) in [5.41, 5.74) is -0.0168. The van der Waals surface area contributed by atoms with E-state index in [0.717, 1.165) is 25.4 Å². The largest absolute Gasteiger partial charge is 0.394 e. The average Bonchev–Trinajstić information content (AvgIpc) is 3.18. The Morgan fingerprint density at radius 3 is 2.58 bits per heavy atom. The van der Waals surface area contributed by atoms with E-state index < -0.39 is 0 Å². The van der Waals surface area contributed by atoms with Crippen LogP contribution in [-0.4, -0.2) is 48.3 Å². The van der Waals surface area contributed by atoms with Gasteiger partial charge in [0, 0.05) is 13.1 Å². The van der Waals surface area contributed by atoms with Crippen molar-refractivity contribution in [2.24, 2.45) is 11.8 Å². The highest BCUT2D eigenvalue weighted by molar-refractivity contribution is 5.03. The zero-order valence-electron chi connectivity index (χ0n) is 12.8.